The van der Waals surface area contributed by atoms with Crippen molar-refractivity contribution in [3.63, 3.8) is 0 Å². The van der Waals surface area contributed by atoms with Crippen LogP contribution in [0.25, 0.3) is 0 Å². The van der Waals surface area contributed by atoms with Crippen LogP contribution in [0, 0.1) is 0 Å². The lowest BCUT2D eigenvalue weighted by molar-refractivity contribution is -0.144. The summed E-state index contributed by atoms with van der Waals surface area (Å²) in [4.78, 5) is 12.2. The number of ether oxygens (including phenoxy) is 1. The van der Waals surface area contributed by atoms with Crippen molar-refractivity contribution in [2.45, 2.75) is 44.9 Å². The highest BCUT2D eigenvalue weighted by Gasteiger charge is 2.30. The molecule has 0 aromatic heterocycles. The maximum Gasteiger partial charge on any atom is 0.305 e. The minimum absolute atomic E-state index is 0.149. The van der Waals surface area contributed by atoms with E-state index in [1.54, 1.807) is 0 Å². The van der Waals surface area contributed by atoms with E-state index < -0.39 is 0 Å². The Hall–Kier alpha value is -1.63. The average Bonchev–Trinajstić information content (AvgIpc) is 2.72. The SMILES string of the molecule is CCCCOC(=O)CCC(C)(c1ccc(OP)cc1)c1ccc(OP)cc1. The summed E-state index contributed by atoms with van der Waals surface area (Å²) in [5.74, 6) is 1.40. The number of carbonyl (C=O) groups excluding carboxylic acids is 1. The molecular formula is C21H28O4P2. The first-order chi connectivity index (χ1) is 13.0. The van der Waals surface area contributed by atoms with E-state index in [1.807, 2.05) is 48.5 Å². The van der Waals surface area contributed by atoms with Gasteiger partial charge in [-0.05, 0) is 48.2 Å². The van der Waals surface area contributed by atoms with E-state index in [9.17, 15) is 4.79 Å². The minimum atomic E-state index is -0.331. The second kappa shape index (κ2) is 10.6. The Labute approximate surface area is 166 Å². The molecule has 0 spiro atoms. The van der Waals surface area contributed by atoms with Gasteiger partial charge in [0.1, 0.15) is 11.5 Å². The monoisotopic (exact) mass is 406 g/mol. The Morgan fingerprint density at radius 1 is 0.926 bits per heavy atom. The lowest BCUT2D eigenvalue weighted by atomic mass is 9.73. The number of hydrogen-bond donors (Lipinski definition) is 0. The van der Waals surface area contributed by atoms with Gasteiger partial charge in [-0.2, -0.15) is 0 Å². The third kappa shape index (κ3) is 5.92. The van der Waals surface area contributed by atoms with Crippen LogP contribution in [0.3, 0.4) is 0 Å². The maximum atomic E-state index is 12.2. The van der Waals surface area contributed by atoms with Crippen molar-refractivity contribution in [3.05, 3.63) is 59.7 Å². The molecule has 146 valence electrons. The van der Waals surface area contributed by atoms with Gasteiger partial charge in [0.2, 0.25) is 0 Å². The molecule has 2 aromatic carbocycles. The lowest BCUT2D eigenvalue weighted by Gasteiger charge is -2.31. The molecular weight excluding hydrogens is 378 g/mol. The zero-order chi connectivity index (χ0) is 19.7. The second-order valence-corrected chi connectivity index (χ2v) is 7.16. The fourth-order valence-electron chi connectivity index (χ4n) is 3.01. The van der Waals surface area contributed by atoms with E-state index in [4.69, 9.17) is 13.8 Å². The molecule has 0 bridgehead atoms. The Bertz CT molecular complexity index is 666. The van der Waals surface area contributed by atoms with E-state index in [0.717, 1.165) is 35.5 Å². The molecule has 0 amide bonds. The molecule has 0 aliphatic carbocycles. The van der Waals surface area contributed by atoms with Gasteiger partial charge in [-0.15, -0.1) is 0 Å². The van der Waals surface area contributed by atoms with Crippen molar-refractivity contribution in [1.82, 2.24) is 0 Å². The van der Waals surface area contributed by atoms with Crippen molar-refractivity contribution in [2.24, 2.45) is 0 Å². The van der Waals surface area contributed by atoms with Crippen LogP contribution in [-0.2, 0) is 14.9 Å². The van der Waals surface area contributed by atoms with E-state index in [0.29, 0.717) is 19.4 Å². The zero-order valence-corrected chi connectivity index (χ0v) is 18.3. The normalized spacial score (nSPS) is 11.1. The maximum absolute atomic E-state index is 12.2. The Morgan fingerprint density at radius 2 is 1.41 bits per heavy atom. The lowest BCUT2D eigenvalue weighted by Crippen LogP contribution is -2.25. The van der Waals surface area contributed by atoms with Gasteiger partial charge >= 0.3 is 5.97 Å². The quantitative estimate of drug-likeness (QED) is 0.299. The van der Waals surface area contributed by atoms with Crippen LogP contribution in [0.15, 0.2) is 48.5 Å². The van der Waals surface area contributed by atoms with Crippen LogP contribution in [0.4, 0.5) is 0 Å². The topological polar surface area (TPSA) is 44.8 Å². The number of esters is 1. The summed E-state index contributed by atoms with van der Waals surface area (Å²) in [5, 5.41) is 0. The van der Waals surface area contributed by atoms with E-state index >= 15 is 0 Å². The van der Waals surface area contributed by atoms with E-state index in [1.165, 1.54) is 0 Å². The van der Waals surface area contributed by atoms with Gasteiger partial charge in [0.15, 0.2) is 0 Å². The molecule has 0 N–H and O–H groups in total. The third-order valence-corrected chi connectivity index (χ3v) is 5.39. The molecule has 0 aliphatic rings. The second-order valence-electron chi connectivity index (χ2n) is 6.69. The van der Waals surface area contributed by atoms with Gasteiger partial charge < -0.3 is 13.8 Å². The minimum Gasteiger partial charge on any atom is -0.480 e. The molecule has 2 rings (SSSR count). The van der Waals surface area contributed by atoms with Gasteiger partial charge in [-0.3, -0.25) is 4.79 Å². The van der Waals surface area contributed by atoms with Crippen LogP contribution in [0.1, 0.15) is 50.7 Å². The molecule has 0 fully saturated rings. The largest absolute Gasteiger partial charge is 0.480 e. The van der Waals surface area contributed by atoms with Gasteiger partial charge in [0.25, 0.3) is 0 Å². The summed E-state index contributed by atoms with van der Waals surface area (Å²) in [5.41, 5.74) is 1.91. The van der Waals surface area contributed by atoms with Gasteiger partial charge in [-0.1, -0.05) is 44.5 Å². The standard InChI is InChI=1S/C21H28O4P2/c1-3-4-15-23-20(22)13-14-21(2,16-5-9-18(24-26)10-6-16)17-7-11-19(25-27)12-8-17/h5-12H,3-4,13-15,26-27H2,1-2H3. The molecule has 0 aliphatic heterocycles. The highest BCUT2D eigenvalue weighted by Crippen LogP contribution is 2.38. The number of hydrogen-bond acceptors (Lipinski definition) is 4. The smallest absolute Gasteiger partial charge is 0.305 e. The molecule has 27 heavy (non-hydrogen) atoms. The first kappa shape index (κ1) is 21.7. The molecule has 2 aromatic rings. The van der Waals surface area contributed by atoms with Crippen molar-refractivity contribution < 1.29 is 18.6 Å². The van der Waals surface area contributed by atoms with E-state index in [2.05, 4.69) is 32.8 Å². The summed E-state index contributed by atoms with van der Waals surface area (Å²) in [7, 11) is 4.50. The summed E-state index contributed by atoms with van der Waals surface area (Å²) in [6.07, 6.45) is 2.93. The van der Waals surface area contributed by atoms with Gasteiger partial charge in [-0.25, -0.2) is 0 Å². The predicted octanol–water partition coefficient (Wildman–Crippen LogP) is 5.45. The summed E-state index contributed by atoms with van der Waals surface area (Å²) >= 11 is 0. The summed E-state index contributed by atoms with van der Waals surface area (Å²) in [6, 6.07) is 15.9. The number of carbonyl (C=O) groups is 1. The van der Waals surface area contributed by atoms with Crippen LogP contribution in [0.2, 0.25) is 0 Å². The van der Waals surface area contributed by atoms with E-state index in [-0.39, 0.29) is 11.4 Å². The molecule has 0 radical (unpaired) electrons. The fraction of sp³-hybridized carbons (Fsp3) is 0.381. The van der Waals surface area contributed by atoms with Crippen LogP contribution < -0.4 is 9.05 Å². The fourth-order valence-corrected chi connectivity index (χ4v) is 3.33. The van der Waals surface area contributed by atoms with Gasteiger partial charge in [0, 0.05) is 11.8 Å². The van der Waals surface area contributed by atoms with Crippen LogP contribution in [-0.4, -0.2) is 12.6 Å². The summed E-state index contributed by atoms with van der Waals surface area (Å²) in [6.45, 7) is 4.72. The summed E-state index contributed by atoms with van der Waals surface area (Å²) < 4.78 is 15.7. The zero-order valence-electron chi connectivity index (χ0n) is 15.9. The highest BCUT2D eigenvalue weighted by molar-refractivity contribution is 7.10. The van der Waals surface area contributed by atoms with Crippen molar-refractivity contribution in [2.75, 3.05) is 6.61 Å². The van der Waals surface area contributed by atoms with Gasteiger partial charge in [0.05, 0.1) is 25.5 Å². The molecule has 4 nitrogen and oxygen atoms in total. The molecule has 0 heterocycles. The Kier molecular flexibility index (Phi) is 8.54. The predicted molar refractivity (Wildman–Crippen MR) is 115 cm³/mol. The number of benzene rings is 2. The highest BCUT2D eigenvalue weighted by atomic mass is 31.0. The third-order valence-electron chi connectivity index (χ3n) is 4.85. The Balaban J connectivity index is 2.24. The van der Waals surface area contributed by atoms with Crippen molar-refractivity contribution in [3.8, 4) is 11.5 Å². The molecule has 0 saturated carbocycles. The van der Waals surface area contributed by atoms with Crippen LogP contribution in [0.5, 0.6) is 11.5 Å². The first-order valence-electron chi connectivity index (χ1n) is 9.13. The molecule has 6 heteroatoms. The molecule has 0 saturated heterocycles. The first-order valence-corrected chi connectivity index (χ1v) is 10.1. The molecule has 2 atom stereocenters. The number of unbranched alkanes of at least 4 members (excludes halogenated alkanes) is 1. The number of rotatable bonds is 10. The molecule has 2 unspecified atom stereocenters. The Morgan fingerprint density at radius 3 is 1.81 bits per heavy atom. The van der Waals surface area contributed by atoms with Crippen molar-refractivity contribution >= 4 is 24.9 Å². The van der Waals surface area contributed by atoms with Crippen molar-refractivity contribution in [1.29, 1.82) is 0 Å². The van der Waals surface area contributed by atoms with Crippen LogP contribution >= 0.6 is 18.9 Å². The average molecular weight is 406 g/mol.